The Morgan fingerprint density at radius 1 is 1.41 bits per heavy atom. The average molecular weight is 299 g/mol. The summed E-state index contributed by atoms with van der Waals surface area (Å²) in [5, 5.41) is 0. The van der Waals surface area contributed by atoms with Crippen molar-refractivity contribution in [1.29, 1.82) is 0 Å². The highest BCUT2D eigenvalue weighted by Gasteiger charge is 2.23. The predicted octanol–water partition coefficient (Wildman–Crippen LogP) is 2.98. The third-order valence-electron chi connectivity index (χ3n) is 3.42. The van der Waals surface area contributed by atoms with Crippen LogP contribution >= 0.6 is 15.9 Å². The molecule has 1 saturated heterocycles. The minimum Gasteiger partial charge on any atom is -0.383 e. The summed E-state index contributed by atoms with van der Waals surface area (Å²) in [7, 11) is 0. The number of halogens is 1. The fourth-order valence-corrected chi connectivity index (χ4v) is 2.89. The van der Waals surface area contributed by atoms with Crippen LogP contribution in [0.1, 0.15) is 39.0 Å². The topological polar surface area (TPSA) is 55.0 Å². The lowest BCUT2D eigenvalue weighted by Crippen LogP contribution is -2.35. The van der Waals surface area contributed by atoms with Gasteiger partial charge in [-0.3, -0.25) is 0 Å². The number of nitrogen functional groups attached to an aromatic ring is 1. The monoisotopic (exact) mass is 298 g/mol. The molecule has 1 unspecified atom stereocenters. The van der Waals surface area contributed by atoms with Crippen molar-refractivity contribution in [3.63, 3.8) is 0 Å². The summed E-state index contributed by atoms with van der Waals surface area (Å²) in [5.74, 6) is 1.47. The minimum atomic E-state index is 0.522. The Bertz CT molecular complexity index is 383. The van der Waals surface area contributed by atoms with E-state index in [2.05, 4.69) is 37.7 Å². The number of nitrogens with zero attached hydrogens (tertiary/aromatic N) is 3. The lowest BCUT2D eigenvalue weighted by molar-refractivity contribution is 0.551. The fourth-order valence-electron chi connectivity index (χ4n) is 2.45. The summed E-state index contributed by atoms with van der Waals surface area (Å²) in [6.45, 7) is 3.30. The Balaban J connectivity index is 2.31. The molecule has 17 heavy (non-hydrogen) atoms. The van der Waals surface area contributed by atoms with Crippen LogP contribution in [0.5, 0.6) is 0 Å². The largest absolute Gasteiger partial charge is 0.383 e. The van der Waals surface area contributed by atoms with Crippen LogP contribution in [0.25, 0.3) is 0 Å². The van der Waals surface area contributed by atoms with Crippen LogP contribution in [0.4, 0.5) is 11.6 Å². The Kier molecular flexibility index (Phi) is 4.20. The molecule has 1 aromatic rings. The molecule has 4 nitrogen and oxygen atoms in total. The van der Waals surface area contributed by atoms with Gasteiger partial charge in [-0.2, -0.15) is 0 Å². The lowest BCUT2D eigenvalue weighted by Gasteiger charge is -2.31. The van der Waals surface area contributed by atoms with E-state index in [4.69, 9.17) is 5.73 Å². The molecule has 94 valence electrons. The van der Waals surface area contributed by atoms with Crippen molar-refractivity contribution < 1.29 is 0 Å². The van der Waals surface area contributed by atoms with E-state index in [1.165, 1.54) is 25.7 Å². The molecule has 2 rings (SSSR count). The van der Waals surface area contributed by atoms with E-state index >= 15 is 0 Å². The molecule has 0 amide bonds. The van der Waals surface area contributed by atoms with Gasteiger partial charge >= 0.3 is 0 Å². The van der Waals surface area contributed by atoms with E-state index in [1.807, 2.05) is 0 Å². The average Bonchev–Trinajstić information content (AvgIpc) is 2.57. The van der Waals surface area contributed by atoms with Gasteiger partial charge in [0.1, 0.15) is 22.4 Å². The summed E-state index contributed by atoms with van der Waals surface area (Å²) < 4.78 is 0.834. The molecule has 1 atom stereocenters. The van der Waals surface area contributed by atoms with Crippen LogP contribution in [0.2, 0.25) is 0 Å². The van der Waals surface area contributed by atoms with E-state index in [0.29, 0.717) is 11.9 Å². The molecule has 1 aliphatic rings. The molecule has 0 spiro atoms. The molecule has 1 aromatic heterocycles. The molecule has 0 aromatic carbocycles. The van der Waals surface area contributed by atoms with Crippen molar-refractivity contribution in [2.24, 2.45) is 0 Å². The molecule has 2 N–H and O–H groups in total. The summed E-state index contributed by atoms with van der Waals surface area (Å²) in [6.07, 6.45) is 7.79. The first kappa shape index (κ1) is 12.6. The van der Waals surface area contributed by atoms with Gasteiger partial charge in [0.05, 0.1) is 0 Å². The second kappa shape index (κ2) is 5.67. The third-order valence-corrected chi connectivity index (χ3v) is 4.18. The van der Waals surface area contributed by atoms with Crippen LogP contribution in [0.15, 0.2) is 10.8 Å². The quantitative estimate of drug-likeness (QED) is 0.912. The van der Waals surface area contributed by atoms with Crippen molar-refractivity contribution in [3.8, 4) is 0 Å². The number of hydrogen-bond donors (Lipinski definition) is 1. The second-order valence-corrected chi connectivity index (χ2v) is 5.29. The van der Waals surface area contributed by atoms with E-state index in [1.54, 1.807) is 6.33 Å². The first-order valence-corrected chi connectivity index (χ1v) is 7.06. The molecule has 0 bridgehead atoms. The smallest absolute Gasteiger partial charge is 0.148 e. The second-order valence-electron chi connectivity index (χ2n) is 4.50. The number of aromatic nitrogens is 2. The van der Waals surface area contributed by atoms with Crippen LogP contribution in [-0.4, -0.2) is 22.6 Å². The summed E-state index contributed by atoms with van der Waals surface area (Å²) in [4.78, 5) is 10.8. The molecule has 0 aliphatic carbocycles. The summed E-state index contributed by atoms with van der Waals surface area (Å²) in [6, 6.07) is 0.572. The van der Waals surface area contributed by atoms with Crippen LogP contribution in [0, 0.1) is 0 Å². The van der Waals surface area contributed by atoms with Crippen LogP contribution in [-0.2, 0) is 0 Å². The lowest BCUT2D eigenvalue weighted by atomic mass is 10.1. The molecule has 1 aliphatic heterocycles. The van der Waals surface area contributed by atoms with Crippen molar-refractivity contribution in [3.05, 3.63) is 10.8 Å². The highest BCUT2D eigenvalue weighted by atomic mass is 79.9. The van der Waals surface area contributed by atoms with Gasteiger partial charge in [0.15, 0.2) is 0 Å². The zero-order valence-electron chi connectivity index (χ0n) is 10.2. The number of rotatable bonds is 2. The van der Waals surface area contributed by atoms with Gasteiger partial charge in [-0.25, -0.2) is 9.97 Å². The Hall–Kier alpha value is -0.840. The van der Waals surface area contributed by atoms with Gasteiger partial charge in [-0.1, -0.05) is 19.8 Å². The number of nitrogens with two attached hydrogens (primary N) is 1. The normalized spacial score (nSPS) is 21.3. The summed E-state index contributed by atoms with van der Waals surface area (Å²) >= 11 is 3.51. The van der Waals surface area contributed by atoms with Gasteiger partial charge in [0, 0.05) is 12.6 Å². The third kappa shape index (κ3) is 2.70. The van der Waals surface area contributed by atoms with Gasteiger partial charge in [0.2, 0.25) is 0 Å². The number of anilines is 2. The molecule has 2 heterocycles. The van der Waals surface area contributed by atoms with E-state index in [0.717, 1.165) is 23.3 Å². The Morgan fingerprint density at radius 2 is 2.24 bits per heavy atom. The molecular formula is C12H19BrN4. The standard InChI is InChI=1S/C12H19BrN4/c1-2-9-6-4-3-5-7-17(9)12-10(13)11(14)15-8-16-12/h8-9H,2-7H2,1H3,(H2,14,15,16). The first-order chi connectivity index (χ1) is 8.24. The van der Waals surface area contributed by atoms with Crippen molar-refractivity contribution in [2.45, 2.75) is 45.1 Å². The highest BCUT2D eigenvalue weighted by Crippen LogP contribution is 2.32. The number of hydrogen-bond acceptors (Lipinski definition) is 4. The molecule has 5 heteroatoms. The highest BCUT2D eigenvalue weighted by molar-refractivity contribution is 9.10. The zero-order valence-corrected chi connectivity index (χ0v) is 11.8. The Morgan fingerprint density at radius 3 is 3.00 bits per heavy atom. The van der Waals surface area contributed by atoms with Crippen molar-refractivity contribution in [2.75, 3.05) is 17.2 Å². The van der Waals surface area contributed by atoms with Crippen molar-refractivity contribution in [1.82, 2.24) is 9.97 Å². The molecular weight excluding hydrogens is 280 g/mol. The van der Waals surface area contributed by atoms with Gasteiger partial charge < -0.3 is 10.6 Å². The van der Waals surface area contributed by atoms with E-state index in [-0.39, 0.29) is 0 Å². The first-order valence-electron chi connectivity index (χ1n) is 6.26. The maximum Gasteiger partial charge on any atom is 0.148 e. The fraction of sp³-hybridized carbons (Fsp3) is 0.667. The van der Waals surface area contributed by atoms with Gasteiger partial charge in [-0.15, -0.1) is 0 Å². The maximum atomic E-state index is 5.83. The minimum absolute atomic E-state index is 0.522. The molecule has 0 radical (unpaired) electrons. The van der Waals surface area contributed by atoms with E-state index < -0.39 is 0 Å². The zero-order chi connectivity index (χ0) is 12.3. The maximum absolute atomic E-state index is 5.83. The Labute approximate surface area is 111 Å². The predicted molar refractivity (Wildman–Crippen MR) is 74.0 cm³/mol. The van der Waals surface area contributed by atoms with Gasteiger partial charge in [-0.05, 0) is 35.2 Å². The van der Waals surface area contributed by atoms with Crippen LogP contribution in [0.3, 0.4) is 0 Å². The summed E-state index contributed by atoms with van der Waals surface area (Å²) in [5.41, 5.74) is 5.83. The van der Waals surface area contributed by atoms with E-state index in [9.17, 15) is 0 Å². The molecule has 0 saturated carbocycles. The molecule has 1 fully saturated rings. The SMILES string of the molecule is CCC1CCCCCN1c1ncnc(N)c1Br. The van der Waals surface area contributed by atoms with Crippen LogP contribution < -0.4 is 10.6 Å². The van der Waals surface area contributed by atoms with Gasteiger partial charge in [0.25, 0.3) is 0 Å². The van der Waals surface area contributed by atoms with Crippen molar-refractivity contribution >= 4 is 27.6 Å².